The van der Waals surface area contributed by atoms with E-state index in [1.54, 1.807) is 11.8 Å². The molecule has 3 heteroatoms. The van der Waals surface area contributed by atoms with E-state index in [0.29, 0.717) is 12.5 Å². The van der Waals surface area contributed by atoms with Crippen LogP contribution >= 0.6 is 11.8 Å². The van der Waals surface area contributed by atoms with E-state index in [-0.39, 0.29) is 0 Å². The SMILES string of the molecule is CNCC(C)c1ccc(COc2ccccc2SC)cc1. The van der Waals surface area contributed by atoms with Gasteiger partial charge in [0.25, 0.3) is 0 Å². The highest BCUT2D eigenvalue weighted by atomic mass is 32.2. The maximum atomic E-state index is 5.93. The fourth-order valence-electron chi connectivity index (χ4n) is 2.27. The van der Waals surface area contributed by atoms with Crippen LogP contribution in [0, 0.1) is 0 Å². The predicted molar refractivity (Wildman–Crippen MR) is 91.3 cm³/mol. The fraction of sp³-hybridized carbons (Fsp3) is 0.333. The molecule has 2 rings (SSSR count). The zero-order chi connectivity index (χ0) is 15.1. The molecule has 0 aliphatic heterocycles. The number of likely N-dealkylation sites (N-methyl/N-ethyl adjacent to an activating group) is 1. The molecule has 0 bridgehead atoms. The number of para-hydroxylation sites is 1. The van der Waals surface area contributed by atoms with Crippen LogP contribution in [-0.4, -0.2) is 19.8 Å². The summed E-state index contributed by atoms with van der Waals surface area (Å²) in [6.07, 6.45) is 2.07. The second kappa shape index (κ2) is 8.11. The minimum absolute atomic E-state index is 0.530. The van der Waals surface area contributed by atoms with Crippen molar-refractivity contribution < 1.29 is 4.74 Å². The number of thioether (sulfide) groups is 1. The summed E-state index contributed by atoms with van der Waals surface area (Å²) < 4.78 is 5.93. The first-order valence-electron chi connectivity index (χ1n) is 7.24. The smallest absolute Gasteiger partial charge is 0.133 e. The lowest BCUT2D eigenvalue weighted by atomic mass is 10.00. The molecule has 1 atom stereocenters. The minimum atomic E-state index is 0.530. The van der Waals surface area contributed by atoms with E-state index in [4.69, 9.17) is 4.74 Å². The van der Waals surface area contributed by atoms with Crippen molar-refractivity contribution in [3.8, 4) is 5.75 Å². The van der Waals surface area contributed by atoms with Crippen LogP contribution < -0.4 is 10.1 Å². The van der Waals surface area contributed by atoms with E-state index in [2.05, 4.69) is 48.8 Å². The molecule has 112 valence electrons. The van der Waals surface area contributed by atoms with Gasteiger partial charge in [-0.05, 0) is 42.5 Å². The van der Waals surface area contributed by atoms with Crippen molar-refractivity contribution in [2.24, 2.45) is 0 Å². The summed E-state index contributed by atoms with van der Waals surface area (Å²) in [6, 6.07) is 16.9. The Morgan fingerprint density at radius 1 is 1.10 bits per heavy atom. The predicted octanol–water partition coefficient (Wildman–Crippen LogP) is 4.31. The highest BCUT2D eigenvalue weighted by molar-refractivity contribution is 7.98. The van der Waals surface area contributed by atoms with Crippen LogP contribution in [-0.2, 0) is 6.61 Å². The molecule has 0 heterocycles. The third-order valence-corrected chi connectivity index (χ3v) is 4.30. The quantitative estimate of drug-likeness (QED) is 0.770. The number of ether oxygens (including phenoxy) is 1. The number of hydrogen-bond donors (Lipinski definition) is 1. The molecule has 21 heavy (non-hydrogen) atoms. The Morgan fingerprint density at radius 2 is 1.81 bits per heavy atom. The summed E-state index contributed by atoms with van der Waals surface area (Å²) in [5.74, 6) is 1.49. The lowest BCUT2D eigenvalue weighted by molar-refractivity contribution is 0.299. The van der Waals surface area contributed by atoms with Crippen molar-refractivity contribution in [2.75, 3.05) is 19.8 Å². The zero-order valence-corrected chi connectivity index (χ0v) is 13.7. The van der Waals surface area contributed by atoms with E-state index < -0.39 is 0 Å². The van der Waals surface area contributed by atoms with Gasteiger partial charge in [0.1, 0.15) is 12.4 Å². The van der Waals surface area contributed by atoms with Crippen molar-refractivity contribution >= 4 is 11.8 Å². The molecule has 1 N–H and O–H groups in total. The second-order valence-corrected chi connectivity index (χ2v) is 5.99. The first-order valence-corrected chi connectivity index (χ1v) is 8.46. The van der Waals surface area contributed by atoms with Gasteiger partial charge in [-0.15, -0.1) is 11.8 Å². The highest BCUT2D eigenvalue weighted by Gasteiger charge is 2.05. The van der Waals surface area contributed by atoms with Crippen molar-refractivity contribution in [3.05, 3.63) is 59.7 Å². The van der Waals surface area contributed by atoms with E-state index in [9.17, 15) is 0 Å². The molecule has 2 aromatic carbocycles. The van der Waals surface area contributed by atoms with Crippen LogP contribution in [0.1, 0.15) is 24.0 Å². The molecule has 2 aromatic rings. The molecule has 0 saturated heterocycles. The number of benzene rings is 2. The molecule has 0 fully saturated rings. The van der Waals surface area contributed by atoms with Crippen LogP contribution in [0.2, 0.25) is 0 Å². The average molecular weight is 301 g/mol. The Hall–Kier alpha value is -1.45. The van der Waals surface area contributed by atoms with E-state index in [0.717, 1.165) is 12.3 Å². The van der Waals surface area contributed by atoms with Gasteiger partial charge in [0.05, 0.1) is 0 Å². The van der Waals surface area contributed by atoms with E-state index in [1.807, 2.05) is 25.2 Å². The molecule has 0 saturated carbocycles. The van der Waals surface area contributed by atoms with E-state index in [1.165, 1.54) is 16.0 Å². The Bertz CT molecular complexity index is 553. The first-order chi connectivity index (χ1) is 10.2. The Balaban J connectivity index is 1.97. The fourth-order valence-corrected chi connectivity index (χ4v) is 2.81. The number of hydrogen-bond acceptors (Lipinski definition) is 3. The van der Waals surface area contributed by atoms with Crippen LogP contribution in [0.4, 0.5) is 0 Å². The van der Waals surface area contributed by atoms with Crippen LogP contribution in [0.5, 0.6) is 5.75 Å². The molecule has 0 aliphatic carbocycles. The first kappa shape index (κ1) is 15.9. The zero-order valence-electron chi connectivity index (χ0n) is 12.9. The molecule has 0 aliphatic rings. The number of nitrogens with one attached hydrogen (secondary N) is 1. The second-order valence-electron chi connectivity index (χ2n) is 5.14. The van der Waals surface area contributed by atoms with Crippen molar-refractivity contribution in [3.63, 3.8) is 0 Å². The lowest BCUT2D eigenvalue weighted by Crippen LogP contribution is -2.14. The van der Waals surface area contributed by atoms with Crippen molar-refractivity contribution in [1.82, 2.24) is 5.32 Å². The van der Waals surface area contributed by atoms with E-state index >= 15 is 0 Å². The topological polar surface area (TPSA) is 21.3 Å². The molecule has 0 amide bonds. The monoisotopic (exact) mass is 301 g/mol. The van der Waals surface area contributed by atoms with Gasteiger partial charge in [0.2, 0.25) is 0 Å². The molecule has 1 unspecified atom stereocenters. The van der Waals surface area contributed by atoms with Crippen LogP contribution in [0.3, 0.4) is 0 Å². The minimum Gasteiger partial charge on any atom is -0.488 e. The molecule has 2 nitrogen and oxygen atoms in total. The van der Waals surface area contributed by atoms with Crippen molar-refractivity contribution in [2.45, 2.75) is 24.3 Å². The molecular formula is C18H23NOS. The summed E-state index contributed by atoms with van der Waals surface area (Å²) >= 11 is 1.71. The van der Waals surface area contributed by atoms with Gasteiger partial charge >= 0.3 is 0 Å². The molecular weight excluding hydrogens is 278 g/mol. The van der Waals surface area contributed by atoms with Crippen molar-refractivity contribution in [1.29, 1.82) is 0 Å². The lowest BCUT2D eigenvalue weighted by Gasteiger charge is -2.13. The summed E-state index contributed by atoms with van der Waals surface area (Å²) in [5.41, 5.74) is 2.56. The van der Waals surface area contributed by atoms with Crippen LogP contribution in [0.15, 0.2) is 53.4 Å². The standard InChI is InChI=1S/C18H23NOS/c1-14(12-19-2)16-10-8-15(9-11-16)13-20-17-6-4-5-7-18(17)21-3/h4-11,14,19H,12-13H2,1-3H3. The number of rotatable bonds is 7. The van der Waals surface area contributed by atoms with Gasteiger partial charge in [0, 0.05) is 11.4 Å². The van der Waals surface area contributed by atoms with Gasteiger partial charge in [-0.2, -0.15) is 0 Å². The maximum Gasteiger partial charge on any atom is 0.133 e. The summed E-state index contributed by atoms with van der Waals surface area (Å²) in [4.78, 5) is 1.18. The van der Waals surface area contributed by atoms with Crippen LogP contribution in [0.25, 0.3) is 0 Å². The van der Waals surface area contributed by atoms with Gasteiger partial charge in [0.15, 0.2) is 0 Å². The van der Waals surface area contributed by atoms with Gasteiger partial charge < -0.3 is 10.1 Å². The third kappa shape index (κ3) is 4.51. The Kier molecular flexibility index (Phi) is 6.15. The molecule has 0 radical (unpaired) electrons. The summed E-state index contributed by atoms with van der Waals surface area (Å²) in [7, 11) is 1.99. The largest absolute Gasteiger partial charge is 0.488 e. The summed E-state index contributed by atoms with van der Waals surface area (Å²) in [6.45, 7) is 3.84. The Morgan fingerprint density at radius 3 is 2.48 bits per heavy atom. The normalized spacial score (nSPS) is 12.1. The average Bonchev–Trinajstić information content (AvgIpc) is 2.54. The molecule has 0 aromatic heterocycles. The van der Waals surface area contributed by atoms with Gasteiger partial charge in [-0.25, -0.2) is 0 Å². The highest BCUT2D eigenvalue weighted by Crippen LogP contribution is 2.27. The molecule has 0 spiro atoms. The maximum absolute atomic E-state index is 5.93. The third-order valence-electron chi connectivity index (χ3n) is 3.52. The van der Waals surface area contributed by atoms with Gasteiger partial charge in [-0.3, -0.25) is 0 Å². The van der Waals surface area contributed by atoms with Gasteiger partial charge in [-0.1, -0.05) is 43.3 Å². The Labute approximate surface area is 131 Å². The summed E-state index contributed by atoms with van der Waals surface area (Å²) in [5, 5.41) is 3.21.